The van der Waals surface area contributed by atoms with Crippen LogP contribution in [0.15, 0.2) is 48.5 Å². The van der Waals surface area contributed by atoms with Crippen LogP contribution >= 0.6 is 0 Å². The van der Waals surface area contributed by atoms with Crippen LogP contribution in [0.1, 0.15) is 73.2 Å². The van der Waals surface area contributed by atoms with Gasteiger partial charge in [0.1, 0.15) is 11.5 Å². The van der Waals surface area contributed by atoms with Crippen LogP contribution < -0.4 is 0 Å². The Labute approximate surface area is 205 Å². The highest BCUT2D eigenvalue weighted by Gasteiger charge is 2.26. The molecular weight excluding hydrogens is 432 g/mol. The molecule has 3 atom stereocenters. The Morgan fingerprint density at radius 1 is 0.794 bits per heavy atom. The van der Waals surface area contributed by atoms with E-state index in [0.717, 1.165) is 31.2 Å². The van der Waals surface area contributed by atoms with E-state index in [0.29, 0.717) is 24.8 Å². The number of carbonyl (C=O) groups excluding carboxylic acids is 2. The molecule has 6 heteroatoms. The highest BCUT2D eigenvalue weighted by molar-refractivity contribution is 5.75. The summed E-state index contributed by atoms with van der Waals surface area (Å²) >= 11 is 0. The van der Waals surface area contributed by atoms with Crippen LogP contribution in [0.3, 0.4) is 0 Å². The molecule has 0 heterocycles. The summed E-state index contributed by atoms with van der Waals surface area (Å²) in [7, 11) is 0. The minimum Gasteiger partial charge on any atom is -0.508 e. The summed E-state index contributed by atoms with van der Waals surface area (Å²) in [5, 5.41) is 19.2. The molecular formula is C28H38O6. The molecule has 0 aromatic heterocycles. The van der Waals surface area contributed by atoms with Crippen LogP contribution in [-0.4, -0.2) is 28.4 Å². The van der Waals surface area contributed by atoms with Gasteiger partial charge in [-0.15, -0.1) is 0 Å². The van der Waals surface area contributed by atoms with Crippen molar-refractivity contribution in [1.29, 1.82) is 0 Å². The van der Waals surface area contributed by atoms with Gasteiger partial charge in [-0.3, -0.25) is 9.59 Å². The Hall–Kier alpha value is -3.02. The van der Waals surface area contributed by atoms with Crippen LogP contribution in [0.5, 0.6) is 11.5 Å². The Balaban J connectivity index is 2.04. The smallest absolute Gasteiger partial charge is 0.312 e. The number of esters is 2. The third-order valence-electron chi connectivity index (χ3n) is 5.73. The van der Waals surface area contributed by atoms with Crippen LogP contribution in [0.25, 0.3) is 0 Å². The van der Waals surface area contributed by atoms with Crippen LogP contribution in [0, 0.1) is 11.8 Å². The SMILES string of the molecule is [3H]c1cc(CC(CCCC)C(=O)OC(C)OC(=O)C(CCCC)Cc2ccc(O)cc2)cc([3H])c1O. The van der Waals surface area contributed by atoms with E-state index < -0.39 is 35.8 Å². The number of hydrogen-bond donors (Lipinski definition) is 2. The molecule has 0 saturated carbocycles. The lowest BCUT2D eigenvalue weighted by Crippen LogP contribution is -2.30. The van der Waals surface area contributed by atoms with E-state index >= 15 is 0 Å². The quantitative estimate of drug-likeness (QED) is 0.260. The number of aromatic hydroxyl groups is 2. The molecule has 2 aromatic carbocycles. The molecule has 0 saturated heterocycles. The minimum absolute atomic E-state index is 0.158. The van der Waals surface area contributed by atoms with E-state index in [9.17, 15) is 19.8 Å². The number of rotatable bonds is 14. The van der Waals surface area contributed by atoms with E-state index in [-0.39, 0.29) is 24.3 Å². The van der Waals surface area contributed by atoms with Gasteiger partial charge in [-0.05, 0) is 61.0 Å². The zero-order valence-corrected chi connectivity index (χ0v) is 20.4. The topological polar surface area (TPSA) is 93.1 Å². The van der Waals surface area contributed by atoms with Gasteiger partial charge >= 0.3 is 11.9 Å². The molecule has 2 aromatic rings. The highest BCUT2D eigenvalue weighted by Crippen LogP contribution is 2.22. The van der Waals surface area contributed by atoms with Crippen molar-refractivity contribution in [2.75, 3.05) is 0 Å². The number of hydrogen-bond acceptors (Lipinski definition) is 6. The molecule has 34 heavy (non-hydrogen) atoms. The lowest BCUT2D eigenvalue weighted by molar-refractivity contribution is -0.190. The Morgan fingerprint density at radius 3 is 1.68 bits per heavy atom. The summed E-state index contributed by atoms with van der Waals surface area (Å²) in [6, 6.07) is 9.30. The number of unbranched alkanes of at least 4 members (excludes halogenated alkanes) is 2. The molecule has 0 radical (unpaired) electrons. The van der Waals surface area contributed by atoms with Gasteiger partial charge in [0, 0.05) is 6.92 Å². The van der Waals surface area contributed by atoms with Gasteiger partial charge in [0.05, 0.1) is 14.6 Å². The summed E-state index contributed by atoms with van der Waals surface area (Å²) in [5.74, 6) is -2.08. The zero-order valence-electron chi connectivity index (χ0n) is 22.4. The van der Waals surface area contributed by atoms with Gasteiger partial charge in [-0.1, -0.05) is 63.8 Å². The first-order valence-electron chi connectivity index (χ1n) is 13.1. The monoisotopic (exact) mass is 474 g/mol. The van der Waals surface area contributed by atoms with Crippen molar-refractivity contribution in [3.05, 3.63) is 59.6 Å². The molecule has 0 aliphatic rings. The Morgan fingerprint density at radius 2 is 1.24 bits per heavy atom. The molecule has 0 amide bonds. The highest BCUT2D eigenvalue weighted by atomic mass is 16.7. The minimum atomic E-state index is -1.06. The van der Waals surface area contributed by atoms with Gasteiger partial charge < -0.3 is 19.7 Å². The standard InChI is InChI=1S/C28H38O6/c1-4-6-8-23(18-21-10-14-25(29)15-11-21)27(31)33-20(3)34-28(32)24(9-7-5-2)19-22-12-16-26(30)17-13-22/h10-17,20,23-24,29-30H,4-9,18-19H2,1-3H3/i14T,15T. The van der Waals surface area contributed by atoms with E-state index in [1.54, 1.807) is 24.3 Å². The third-order valence-corrected chi connectivity index (χ3v) is 5.73. The van der Waals surface area contributed by atoms with E-state index in [4.69, 9.17) is 12.2 Å². The van der Waals surface area contributed by atoms with Crippen LogP contribution in [0.4, 0.5) is 0 Å². The lowest BCUT2D eigenvalue weighted by Gasteiger charge is -2.22. The second-order valence-corrected chi connectivity index (χ2v) is 8.70. The first-order valence-corrected chi connectivity index (χ1v) is 12.1. The fourth-order valence-electron chi connectivity index (χ4n) is 3.78. The van der Waals surface area contributed by atoms with Gasteiger partial charge in [-0.25, -0.2) is 0 Å². The zero-order chi connectivity index (χ0) is 26.7. The number of phenols is 2. The predicted octanol–water partition coefficient (Wildman–Crippen LogP) is 5.93. The molecule has 0 aliphatic heterocycles. The Kier molecular flexibility index (Phi) is 10.1. The summed E-state index contributed by atoms with van der Waals surface area (Å²) in [6.45, 7) is 5.58. The van der Waals surface area contributed by atoms with E-state index in [1.807, 2.05) is 13.8 Å². The van der Waals surface area contributed by atoms with Gasteiger partial charge in [0.25, 0.3) is 0 Å². The molecule has 2 rings (SSSR count). The number of benzene rings is 2. The molecule has 2 N–H and O–H groups in total. The lowest BCUT2D eigenvalue weighted by atomic mass is 9.94. The Bertz CT molecular complexity index is 969. The maximum atomic E-state index is 13.0. The molecule has 3 unspecified atom stereocenters. The van der Waals surface area contributed by atoms with Crippen molar-refractivity contribution in [3.63, 3.8) is 0 Å². The molecule has 6 nitrogen and oxygen atoms in total. The molecule has 0 fully saturated rings. The van der Waals surface area contributed by atoms with Crippen molar-refractivity contribution < 1.29 is 32.0 Å². The van der Waals surface area contributed by atoms with Gasteiger partial charge in [0.15, 0.2) is 0 Å². The fraction of sp³-hybridized carbons (Fsp3) is 0.500. The maximum absolute atomic E-state index is 13.0. The largest absolute Gasteiger partial charge is 0.508 e. The second-order valence-electron chi connectivity index (χ2n) is 8.70. The number of carbonyl (C=O) groups is 2. The van der Waals surface area contributed by atoms with E-state index in [2.05, 4.69) is 0 Å². The summed E-state index contributed by atoms with van der Waals surface area (Å²) in [5.41, 5.74) is 1.51. The first kappa shape index (κ1) is 24.1. The van der Waals surface area contributed by atoms with E-state index in [1.165, 1.54) is 19.1 Å². The van der Waals surface area contributed by atoms with Crippen molar-refractivity contribution in [1.82, 2.24) is 0 Å². The fourth-order valence-corrected chi connectivity index (χ4v) is 3.78. The van der Waals surface area contributed by atoms with Crippen LogP contribution in [-0.2, 0) is 31.9 Å². The normalized spacial score (nSPS) is 14.4. The summed E-state index contributed by atoms with van der Waals surface area (Å²) in [4.78, 5) is 25.9. The molecule has 0 bridgehead atoms. The van der Waals surface area contributed by atoms with Crippen molar-refractivity contribution in [2.24, 2.45) is 11.8 Å². The molecule has 0 spiro atoms. The number of phenolic OH excluding ortho intramolecular Hbond substituents is 2. The predicted molar refractivity (Wildman–Crippen MR) is 131 cm³/mol. The maximum Gasteiger partial charge on any atom is 0.312 e. The average Bonchev–Trinajstić information content (AvgIpc) is 2.83. The number of ether oxygens (including phenoxy) is 2. The first-order chi connectivity index (χ1) is 17.1. The van der Waals surface area contributed by atoms with Crippen molar-refractivity contribution >= 4 is 11.9 Å². The summed E-state index contributed by atoms with van der Waals surface area (Å²) in [6.07, 6.45) is 4.32. The van der Waals surface area contributed by atoms with Gasteiger partial charge in [0.2, 0.25) is 6.29 Å². The average molecular weight is 475 g/mol. The van der Waals surface area contributed by atoms with Crippen LogP contribution in [0.2, 0.25) is 0 Å². The summed E-state index contributed by atoms with van der Waals surface area (Å²) < 4.78 is 26.6. The second kappa shape index (κ2) is 14.3. The molecule has 186 valence electrons. The van der Waals surface area contributed by atoms with Crippen molar-refractivity contribution in [3.8, 4) is 11.5 Å². The molecule has 0 aliphatic carbocycles. The van der Waals surface area contributed by atoms with Gasteiger partial charge in [-0.2, -0.15) is 0 Å². The third kappa shape index (κ3) is 9.46. The van der Waals surface area contributed by atoms with Crippen molar-refractivity contribution in [2.45, 2.75) is 78.4 Å².